The normalized spacial score (nSPS) is 13.2. The molecule has 0 fully saturated rings. The number of alkyl halides is 1. The van der Waals surface area contributed by atoms with Crippen LogP contribution in [0.2, 0.25) is 0 Å². The zero-order valence-corrected chi connectivity index (χ0v) is 13.9. The van der Waals surface area contributed by atoms with Crippen molar-refractivity contribution in [2.75, 3.05) is 6.26 Å². The Morgan fingerprint density at radius 2 is 1.81 bits per heavy atom. The van der Waals surface area contributed by atoms with Crippen molar-refractivity contribution in [2.45, 2.75) is 10.3 Å². The second-order valence-corrected chi connectivity index (χ2v) is 7.80. The van der Waals surface area contributed by atoms with Crippen LogP contribution in [0.3, 0.4) is 0 Å². The molecule has 112 valence electrons. The van der Waals surface area contributed by atoms with Crippen LogP contribution < -0.4 is 0 Å². The van der Waals surface area contributed by atoms with Crippen molar-refractivity contribution in [2.24, 2.45) is 0 Å². The highest BCUT2D eigenvalue weighted by Gasteiger charge is 2.19. The first-order valence-electron chi connectivity index (χ1n) is 5.78. The monoisotopic (exact) mass is 394 g/mol. The van der Waals surface area contributed by atoms with Crippen molar-refractivity contribution in [3.8, 4) is 0 Å². The molecule has 0 aliphatic carbocycles. The molecule has 0 aliphatic heterocycles. The Morgan fingerprint density at radius 1 is 1.14 bits per heavy atom. The highest BCUT2D eigenvalue weighted by Crippen LogP contribution is 2.33. The summed E-state index contributed by atoms with van der Waals surface area (Å²) in [5.41, 5.74) is 0.322. The Bertz CT molecular complexity index is 794. The van der Waals surface area contributed by atoms with Crippen molar-refractivity contribution in [3.05, 3.63) is 63.6 Å². The largest absolute Gasteiger partial charge is 0.224 e. The van der Waals surface area contributed by atoms with E-state index in [9.17, 15) is 17.2 Å². The Labute approximate surface area is 134 Å². The molecule has 0 saturated carbocycles. The third kappa shape index (κ3) is 3.62. The maximum Gasteiger partial charge on any atom is 0.175 e. The Morgan fingerprint density at radius 3 is 2.43 bits per heavy atom. The van der Waals surface area contributed by atoms with Gasteiger partial charge in [-0.15, -0.1) is 11.6 Å². The van der Waals surface area contributed by atoms with E-state index in [1.807, 2.05) is 0 Å². The molecule has 1 unspecified atom stereocenters. The second kappa shape index (κ2) is 6.02. The van der Waals surface area contributed by atoms with Crippen molar-refractivity contribution in [1.82, 2.24) is 0 Å². The Kier molecular flexibility index (Phi) is 4.70. The van der Waals surface area contributed by atoms with Gasteiger partial charge in [0.15, 0.2) is 9.84 Å². The van der Waals surface area contributed by atoms with Gasteiger partial charge in [0.1, 0.15) is 11.6 Å². The third-order valence-electron chi connectivity index (χ3n) is 2.89. The highest BCUT2D eigenvalue weighted by molar-refractivity contribution is 9.10. The predicted molar refractivity (Wildman–Crippen MR) is 81.3 cm³/mol. The van der Waals surface area contributed by atoms with E-state index in [0.29, 0.717) is 5.56 Å². The van der Waals surface area contributed by atoms with E-state index in [0.717, 1.165) is 18.4 Å². The average molecular weight is 396 g/mol. The van der Waals surface area contributed by atoms with Crippen LogP contribution in [0.25, 0.3) is 0 Å². The summed E-state index contributed by atoms with van der Waals surface area (Å²) < 4.78 is 50.5. The van der Waals surface area contributed by atoms with E-state index >= 15 is 0 Å². The molecule has 0 amide bonds. The minimum atomic E-state index is -3.40. The first-order valence-corrected chi connectivity index (χ1v) is 8.91. The smallest absolute Gasteiger partial charge is 0.175 e. The van der Waals surface area contributed by atoms with E-state index in [4.69, 9.17) is 11.6 Å². The van der Waals surface area contributed by atoms with E-state index in [2.05, 4.69) is 15.9 Å². The molecule has 0 bridgehead atoms. The molecule has 0 spiro atoms. The van der Waals surface area contributed by atoms with Crippen molar-refractivity contribution in [3.63, 3.8) is 0 Å². The first kappa shape index (κ1) is 16.4. The molecule has 2 aromatic rings. The fourth-order valence-corrected chi connectivity index (χ4v) is 3.11. The molecule has 2 aromatic carbocycles. The molecule has 0 saturated heterocycles. The van der Waals surface area contributed by atoms with Gasteiger partial charge in [0, 0.05) is 11.8 Å². The zero-order chi connectivity index (χ0) is 15.8. The molecular weight excluding hydrogens is 386 g/mol. The van der Waals surface area contributed by atoms with E-state index in [-0.39, 0.29) is 14.9 Å². The van der Waals surface area contributed by atoms with Crippen molar-refractivity contribution >= 4 is 37.4 Å². The fraction of sp³-hybridized carbons (Fsp3) is 0.143. The first-order chi connectivity index (χ1) is 9.70. The molecule has 2 nitrogen and oxygen atoms in total. The summed E-state index contributed by atoms with van der Waals surface area (Å²) in [6.45, 7) is 0. The van der Waals surface area contributed by atoms with Crippen LogP contribution in [0.15, 0.2) is 45.8 Å². The number of sulfone groups is 1. The topological polar surface area (TPSA) is 34.1 Å². The molecule has 0 heterocycles. The summed E-state index contributed by atoms with van der Waals surface area (Å²) in [4.78, 5) is 0.0728. The van der Waals surface area contributed by atoms with E-state index in [1.54, 1.807) is 6.07 Å². The average Bonchev–Trinajstić information content (AvgIpc) is 2.41. The SMILES string of the molecule is CS(=O)(=O)c1cccc(C(Cl)c2cc(F)c(Br)cc2F)c1. The maximum absolute atomic E-state index is 13.9. The van der Waals surface area contributed by atoms with Crippen LogP contribution in [0.1, 0.15) is 16.5 Å². The molecule has 1 atom stereocenters. The van der Waals surface area contributed by atoms with Crippen LogP contribution in [0.4, 0.5) is 8.78 Å². The van der Waals surface area contributed by atoms with Crippen molar-refractivity contribution < 1.29 is 17.2 Å². The number of rotatable bonds is 3. The van der Waals surface area contributed by atoms with Crippen molar-refractivity contribution in [1.29, 1.82) is 0 Å². The van der Waals surface area contributed by atoms with Crippen LogP contribution in [-0.2, 0) is 9.84 Å². The molecule has 21 heavy (non-hydrogen) atoms. The van der Waals surface area contributed by atoms with Crippen LogP contribution in [-0.4, -0.2) is 14.7 Å². The lowest BCUT2D eigenvalue weighted by molar-refractivity contribution is 0.582. The summed E-state index contributed by atoms with van der Waals surface area (Å²) in [6.07, 6.45) is 1.06. The number of hydrogen-bond acceptors (Lipinski definition) is 2. The summed E-state index contributed by atoms with van der Waals surface area (Å²) in [5, 5.41) is -0.991. The van der Waals surface area contributed by atoms with Gasteiger partial charge < -0.3 is 0 Å². The molecule has 0 aliphatic rings. The van der Waals surface area contributed by atoms with Gasteiger partial charge in [-0.3, -0.25) is 0 Å². The number of benzene rings is 2. The van der Waals surface area contributed by atoms with Crippen LogP contribution in [0, 0.1) is 11.6 Å². The summed E-state index contributed by atoms with van der Waals surface area (Å²) in [6, 6.07) is 7.82. The van der Waals surface area contributed by atoms with E-state index < -0.39 is 26.8 Å². The molecule has 0 N–H and O–H groups in total. The van der Waals surface area contributed by atoms with Gasteiger partial charge in [-0.2, -0.15) is 0 Å². The lowest BCUT2D eigenvalue weighted by Gasteiger charge is -2.13. The number of hydrogen-bond donors (Lipinski definition) is 0. The molecule has 0 radical (unpaired) electrons. The van der Waals surface area contributed by atoms with E-state index in [1.165, 1.54) is 18.2 Å². The van der Waals surface area contributed by atoms with Crippen LogP contribution >= 0.6 is 27.5 Å². The number of halogens is 4. The standard InChI is InChI=1S/C14H10BrClF2O2S/c1-21(19,20)9-4-2-3-8(5-9)14(16)10-6-13(18)11(15)7-12(10)17/h2-7,14H,1H3. The summed E-state index contributed by atoms with van der Waals surface area (Å²) in [5.74, 6) is -1.32. The van der Waals surface area contributed by atoms with Gasteiger partial charge in [-0.25, -0.2) is 17.2 Å². The zero-order valence-electron chi connectivity index (χ0n) is 10.8. The van der Waals surface area contributed by atoms with Gasteiger partial charge in [0.2, 0.25) is 0 Å². The molecule has 2 rings (SSSR count). The van der Waals surface area contributed by atoms with Gasteiger partial charge in [-0.05, 0) is 45.8 Å². The molecule has 0 aromatic heterocycles. The third-order valence-corrected chi connectivity index (χ3v) is 5.10. The van der Waals surface area contributed by atoms with Crippen LogP contribution in [0.5, 0.6) is 0 Å². The molecular formula is C14H10BrClF2O2S. The minimum Gasteiger partial charge on any atom is -0.224 e. The van der Waals surface area contributed by atoms with Gasteiger partial charge in [0.25, 0.3) is 0 Å². The van der Waals surface area contributed by atoms with Gasteiger partial charge in [-0.1, -0.05) is 12.1 Å². The highest BCUT2D eigenvalue weighted by atomic mass is 79.9. The quantitative estimate of drug-likeness (QED) is 0.568. The van der Waals surface area contributed by atoms with Gasteiger partial charge in [0.05, 0.1) is 14.7 Å². The Hall–Kier alpha value is -0.980. The minimum absolute atomic E-state index is 0.00231. The molecule has 7 heteroatoms. The van der Waals surface area contributed by atoms with Gasteiger partial charge >= 0.3 is 0 Å². The summed E-state index contributed by atoms with van der Waals surface area (Å²) >= 11 is 9.05. The lowest BCUT2D eigenvalue weighted by atomic mass is 10.0. The lowest BCUT2D eigenvalue weighted by Crippen LogP contribution is -2.02. The predicted octanol–water partition coefficient (Wildman–Crippen LogP) is 4.46. The summed E-state index contributed by atoms with van der Waals surface area (Å²) in [7, 11) is -3.40. The fourth-order valence-electron chi connectivity index (χ4n) is 1.81. The second-order valence-electron chi connectivity index (χ2n) is 4.50. The maximum atomic E-state index is 13.9. The Balaban J connectivity index is 2.50.